The van der Waals surface area contributed by atoms with Gasteiger partial charge in [0.25, 0.3) is 0 Å². The van der Waals surface area contributed by atoms with Crippen LogP contribution in [0.4, 0.5) is 4.79 Å². The molecule has 0 unspecified atom stereocenters. The van der Waals surface area contributed by atoms with E-state index in [0.29, 0.717) is 12.5 Å². The van der Waals surface area contributed by atoms with E-state index in [1.807, 2.05) is 0 Å². The molecule has 0 spiro atoms. The van der Waals surface area contributed by atoms with Gasteiger partial charge in [-0.2, -0.15) is 0 Å². The number of carbonyl (C=O) groups is 1. The fraction of sp³-hybridized carbons (Fsp3) is 0.900. The highest BCUT2D eigenvalue weighted by Gasteiger charge is 2.16. The van der Waals surface area contributed by atoms with E-state index in [9.17, 15) is 4.79 Å². The van der Waals surface area contributed by atoms with Gasteiger partial charge in [-0.25, -0.2) is 4.79 Å². The summed E-state index contributed by atoms with van der Waals surface area (Å²) in [5.41, 5.74) is 5.83. The summed E-state index contributed by atoms with van der Waals surface area (Å²) in [6.45, 7) is 0.381. The summed E-state index contributed by atoms with van der Waals surface area (Å²) in [5.74, 6) is 0.717. The van der Waals surface area contributed by atoms with Crippen LogP contribution in [-0.4, -0.2) is 23.8 Å². The van der Waals surface area contributed by atoms with Gasteiger partial charge < -0.3 is 16.2 Å². The van der Waals surface area contributed by atoms with E-state index in [-0.39, 0.29) is 6.04 Å². The van der Waals surface area contributed by atoms with Gasteiger partial charge in [0.1, 0.15) is 0 Å². The lowest BCUT2D eigenvalue weighted by Crippen LogP contribution is -2.38. The Morgan fingerprint density at radius 1 is 1.43 bits per heavy atom. The molecule has 4 heteroatoms. The summed E-state index contributed by atoms with van der Waals surface area (Å²) < 4.78 is 0. The summed E-state index contributed by atoms with van der Waals surface area (Å²) >= 11 is 0. The van der Waals surface area contributed by atoms with Crippen molar-refractivity contribution < 1.29 is 9.90 Å². The van der Waals surface area contributed by atoms with Crippen LogP contribution >= 0.6 is 0 Å². The SMILES string of the molecule is N[C@@H](CNC(=O)O)CC1CCCCC1. The summed E-state index contributed by atoms with van der Waals surface area (Å²) in [6.07, 6.45) is 6.47. The Kier molecular flexibility index (Phi) is 4.73. The van der Waals surface area contributed by atoms with Gasteiger partial charge in [-0.3, -0.25) is 0 Å². The van der Waals surface area contributed by atoms with Gasteiger partial charge in [-0.15, -0.1) is 0 Å². The average molecular weight is 200 g/mol. The molecule has 4 N–H and O–H groups in total. The molecular formula is C10H20N2O2. The van der Waals surface area contributed by atoms with Gasteiger partial charge in [0.15, 0.2) is 0 Å². The van der Waals surface area contributed by atoms with Crippen molar-refractivity contribution in [3.8, 4) is 0 Å². The molecule has 0 aromatic heterocycles. The van der Waals surface area contributed by atoms with E-state index in [2.05, 4.69) is 5.32 Å². The summed E-state index contributed by atoms with van der Waals surface area (Å²) in [6, 6.07) is -0.0193. The van der Waals surface area contributed by atoms with Gasteiger partial charge in [-0.05, 0) is 12.3 Å². The molecule has 1 aliphatic rings. The van der Waals surface area contributed by atoms with Crippen LogP contribution in [0.5, 0.6) is 0 Å². The molecule has 1 aliphatic carbocycles. The molecule has 1 amide bonds. The zero-order valence-electron chi connectivity index (χ0n) is 8.54. The zero-order chi connectivity index (χ0) is 10.4. The molecule has 0 heterocycles. The van der Waals surface area contributed by atoms with Crippen molar-refractivity contribution in [2.45, 2.75) is 44.6 Å². The van der Waals surface area contributed by atoms with Crippen LogP contribution in [0.25, 0.3) is 0 Å². The van der Waals surface area contributed by atoms with Crippen molar-refractivity contribution in [2.75, 3.05) is 6.54 Å². The van der Waals surface area contributed by atoms with Crippen molar-refractivity contribution in [1.29, 1.82) is 0 Å². The predicted molar refractivity (Wildman–Crippen MR) is 55.2 cm³/mol. The lowest BCUT2D eigenvalue weighted by atomic mass is 9.85. The Hall–Kier alpha value is -0.770. The number of hydrogen-bond donors (Lipinski definition) is 3. The molecule has 0 aromatic carbocycles. The molecule has 1 atom stereocenters. The van der Waals surface area contributed by atoms with Crippen molar-refractivity contribution in [2.24, 2.45) is 11.7 Å². The van der Waals surface area contributed by atoms with Crippen LogP contribution < -0.4 is 11.1 Å². The first-order chi connectivity index (χ1) is 6.68. The molecule has 0 bridgehead atoms. The maximum Gasteiger partial charge on any atom is 0.404 e. The highest BCUT2D eigenvalue weighted by atomic mass is 16.4. The second kappa shape index (κ2) is 5.86. The topological polar surface area (TPSA) is 75.3 Å². The number of amides is 1. The minimum atomic E-state index is -0.982. The molecular weight excluding hydrogens is 180 g/mol. The lowest BCUT2D eigenvalue weighted by Gasteiger charge is -2.24. The van der Waals surface area contributed by atoms with Gasteiger partial charge in [0.05, 0.1) is 0 Å². The standard InChI is InChI=1S/C10H20N2O2/c11-9(7-12-10(13)14)6-8-4-2-1-3-5-8/h8-9,12H,1-7,11H2,(H,13,14)/t9-/m1/s1. The molecule has 1 fully saturated rings. The Labute approximate surface area is 84.9 Å². The van der Waals surface area contributed by atoms with Gasteiger partial charge >= 0.3 is 6.09 Å². The molecule has 4 nitrogen and oxygen atoms in total. The van der Waals surface area contributed by atoms with Crippen LogP contribution in [0.1, 0.15) is 38.5 Å². The Bertz CT molecular complexity index is 179. The normalized spacial score (nSPS) is 20.4. The van der Waals surface area contributed by atoms with Gasteiger partial charge in [0, 0.05) is 12.6 Å². The molecule has 0 aliphatic heterocycles. The molecule has 1 saturated carbocycles. The minimum Gasteiger partial charge on any atom is -0.465 e. The van der Waals surface area contributed by atoms with Gasteiger partial charge in [0.2, 0.25) is 0 Å². The molecule has 82 valence electrons. The van der Waals surface area contributed by atoms with Crippen LogP contribution in [0, 0.1) is 5.92 Å². The Balaban J connectivity index is 2.11. The van der Waals surface area contributed by atoms with Crippen LogP contribution in [0.2, 0.25) is 0 Å². The molecule has 14 heavy (non-hydrogen) atoms. The largest absolute Gasteiger partial charge is 0.465 e. The minimum absolute atomic E-state index is 0.0193. The Morgan fingerprint density at radius 3 is 2.64 bits per heavy atom. The summed E-state index contributed by atoms with van der Waals surface area (Å²) in [7, 11) is 0. The van der Waals surface area contributed by atoms with Crippen molar-refractivity contribution in [3.05, 3.63) is 0 Å². The molecule has 1 rings (SSSR count). The van der Waals surface area contributed by atoms with Crippen LogP contribution in [-0.2, 0) is 0 Å². The number of hydrogen-bond acceptors (Lipinski definition) is 2. The highest BCUT2D eigenvalue weighted by Crippen LogP contribution is 2.26. The van der Waals surface area contributed by atoms with E-state index in [1.165, 1.54) is 32.1 Å². The summed E-state index contributed by atoms with van der Waals surface area (Å²) in [5, 5.41) is 10.7. The van der Waals surface area contributed by atoms with E-state index in [4.69, 9.17) is 10.8 Å². The maximum absolute atomic E-state index is 10.2. The maximum atomic E-state index is 10.2. The number of nitrogens with two attached hydrogens (primary N) is 1. The van der Waals surface area contributed by atoms with Crippen molar-refractivity contribution >= 4 is 6.09 Å². The van der Waals surface area contributed by atoms with E-state index in [1.54, 1.807) is 0 Å². The zero-order valence-corrected chi connectivity index (χ0v) is 8.54. The third-order valence-electron chi connectivity index (χ3n) is 2.88. The van der Waals surface area contributed by atoms with Gasteiger partial charge in [-0.1, -0.05) is 32.1 Å². The molecule has 0 radical (unpaired) electrons. The second-order valence-electron chi connectivity index (χ2n) is 4.19. The fourth-order valence-corrected chi connectivity index (χ4v) is 2.15. The first kappa shape index (κ1) is 11.3. The van der Waals surface area contributed by atoms with E-state index < -0.39 is 6.09 Å². The first-order valence-electron chi connectivity index (χ1n) is 5.41. The highest BCUT2D eigenvalue weighted by molar-refractivity contribution is 5.64. The first-order valence-corrected chi connectivity index (χ1v) is 5.41. The molecule has 0 aromatic rings. The summed E-state index contributed by atoms with van der Waals surface area (Å²) in [4.78, 5) is 10.2. The third-order valence-corrected chi connectivity index (χ3v) is 2.88. The smallest absolute Gasteiger partial charge is 0.404 e. The van der Waals surface area contributed by atoms with Crippen LogP contribution in [0.15, 0.2) is 0 Å². The predicted octanol–water partition coefficient (Wildman–Crippen LogP) is 1.55. The second-order valence-corrected chi connectivity index (χ2v) is 4.19. The molecule has 0 saturated heterocycles. The fourth-order valence-electron chi connectivity index (χ4n) is 2.15. The number of nitrogens with one attached hydrogen (secondary N) is 1. The van der Waals surface area contributed by atoms with E-state index in [0.717, 1.165) is 6.42 Å². The lowest BCUT2D eigenvalue weighted by molar-refractivity contribution is 0.192. The quantitative estimate of drug-likeness (QED) is 0.644. The third kappa shape index (κ3) is 4.46. The number of carboxylic acid groups (broad SMARTS) is 1. The van der Waals surface area contributed by atoms with Crippen molar-refractivity contribution in [1.82, 2.24) is 5.32 Å². The average Bonchev–Trinajstić information content (AvgIpc) is 2.16. The van der Waals surface area contributed by atoms with E-state index >= 15 is 0 Å². The Morgan fingerprint density at radius 2 is 2.07 bits per heavy atom. The number of rotatable bonds is 4. The van der Waals surface area contributed by atoms with Crippen molar-refractivity contribution in [3.63, 3.8) is 0 Å². The van der Waals surface area contributed by atoms with Crippen LogP contribution in [0.3, 0.4) is 0 Å². The monoisotopic (exact) mass is 200 g/mol.